The van der Waals surface area contributed by atoms with Crippen molar-refractivity contribution in [1.82, 2.24) is 9.78 Å². The third-order valence-corrected chi connectivity index (χ3v) is 3.78. The molecule has 1 aliphatic rings. The van der Waals surface area contributed by atoms with Gasteiger partial charge >= 0.3 is 5.97 Å². The van der Waals surface area contributed by atoms with Crippen LogP contribution in [0.2, 0.25) is 0 Å². The van der Waals surface area contributed by atoms with Crippen molar-refractivity contribution in [3.05, 3.63) is 41.2 Å². The molecule has 0 unspecified atom stereocenters. The van der Waals surface area contributed by atoms with Crippen molar-refractivity contribution >= 4 is 23.6 Å². The lowest BCUT2D eigenvalue weighted by Crippen LogP contribution is -2.12. The van der Waals surface area contributed by atoms with Gasteiger partial charge < -0.3 is 19.5 Å². The van der Waals surface area contributed by atoms with E-state index >= 15 is 0 Å². The van der Waals surface area contributed by atoms with E-state index in [-0.39, 0.29) is 18.4 Å². The third-order valence-electron chi connectivity index (χ3n) is 3.78. The first-order valence-corrected chi connectivity index (χ1v) is 7.50. The number of hydrogen-bond acceptors (Lipinski definition) is 6. The fourth-order valence-electron chi connectivity index (χ4n) is 2.35. The Kier molecular flexibility index (Phi) is 4.42. The monoisotopic (exact) mass is 343 g/mol. The predicted octanol–water partition coefficient (Wildman–Crippen LogP) is 1.90. The highest BCUT2D eigenvalue weighted by molar-refractivity contribution is 6.06. The molecule has 2 heterocycles. The molecule has 0 saturated carbocycles. The van der Waals surface area contributed by atoms with E-state index in [1.54, 1.807) is 32.2 Å². The van der Waals surface area contributed by atoms with Gasteiger partial charge in [-0.3, -0.25) is 9.48 Å². The highest BCUT2D eigenvalue weighted by atomic mass is 16.7. The van der Waals surface area contributed by atoms with Gasteiger partial charge in [-0.25, -0.2) is 4.79 Å². The smallest absolute Gasteiger partial charge is 0.360 e. The van der Waals surface area contributed by atoms with Crippen LogP contribution in [-0.4, -0.2) is 35.6 Å². The Morgan fingerprint density at radius 1 is 1.32 bits per heavy atom. The summed E-state index contributed by atoms with van der Waals surface area (Å²) in [4.78, 5) is 24.0. The molecule has 25 heavy (non-hydrogen) atoms. The molecular weight excluding hydrogens is 326 g/mol. The number of nitrogens with one attached hydrogen (secondary N) is 1. The molecule has 0 spiro atoms. The van der Waals surface area contributed by atoms with Crippen LogP contribution >= 0.6 is 0 Å². The Hall–Kier alpha value is -3.29. The number of benzene rings is 1. The second-order valence-electron chi connectivity index (χ2n) is 5.36. The Balaban J connectivity index is 1.76. The third kappa shape index (κ3) is 3.32. The van der Waals surface area contributed by atoms with Gasteiger partial charge in [0, 0.05) is 13.1 Å². The summed E-state index contributed by atoms with van der Waals surface area (Å²) < 4.78 is 16.7. The number of carbonyl (C=O) groups is 2. The number of rotatable bonds is 4. The number of hydrogen-bond donors (Lipinski definition) is 1. The minimum Gasteiger partial charge on any atom is -0.464 e. The van der Waals surface area contributed by atoms with E-state index in [9.17, 15) is 9.59 Å². The molecule has 0 radical (unpaired) electrons. The Morgan fingerprint density at radius 2 is 2.08 bits per heavy atom. The summed E-state index contributed by atoms with van der Waals surface area (Å²) in [5.74, 6) is 0.312. The number of aromatic nitrogens is 2. The summed E-state index contributed by atoms with van der Waals surface area (Å²) in [6.45, 7) is 1.94. The maximum Gasteiger partial charge on any atom is 0.360 e. The van der Waals surface area contributed by atoms with Gasteiger partial charge in [0.25, 0.3) is 0 Å². The lowest BCUT2D eigenvalue weighted by molar-refractivity contribution is -0.111. The molecular formula is C17H17N3O5. The van der Waals surface area contributed by atoms with Crippen molar-refractivity contribution in [2.24, 2.45) is 7.05 Å². The van der Waals surface area contributed by atoms with Gasteiger partial charge in [-0.15, -0.1) is 0 Å². The molecule has 8 heteroatoms. The maximum absolute atomic E-state index is 12.2. The summed E-state index contributed by atoms with van der Waals surface area (Å²) in [5, 5.41) is 6.74. The fourth-order valence-corrected chi connectivity index (χ4v) is 2.35. The molecule has 1 aromatic heterocycles. The number of nitrogens with zero attached hydrogens (tertiary/aromatic N) is 2. The first-order chi connectivity index (χ1) is 12.0. The number of carbonyl (C=O) groups excluding carboxylic acids is 2. The zero-order valence-electron chi connectivity index (χ0n) is 14.0. The van der Waals surface area contributed by atoms with Gasteiger partial charge in [-0.2, -0.15) is 5.10 Å². The Labute approximate surface area is 144 Å². The summed E-state index contributed by atoms with van der Waals surface area (Å²) in [7, 11) is 2.94. The molecule has 8 nitrogen and oxygen atoms in total. The largest absolute Gasteiger partial charge is 0.464 e. The molecule has 0 bridgehead atoms. The van der Waals surface area contributed by atoms with Crippen LogP contribution < -0.4 is 14.8 Å². The second kappa shape index (κ2) is 6.68. The minimum atomic E-state index is -0.612. The van der Waals surface area contributed by atoms with Crippen LogP contribution in [0.15, 0.2) is 24.3 Å². The molecule has 0 fully saturated rings. The van der Waals surface area contributed by atoms with Gasteiger partial charge in [-0.1, -0.05) is 6.07 Å². The molecule has 3 rings (SSSR count). The van der Waals surface area contributed by atoms with E-state index in [4.69, 9.17) is 9.47 Å². The number of esters is 1. The summed E-state index contributed by atoms with van der Waals surface area (Å²) in [5.41, 5.74) is 1.82. The zero-order valence-corrected chi connectivity index (χ0v) is 14.0. The molecule has 1 aliphatic heterocycles. The topological polar surface area (TPSA) is 91.7 Å². The van der Waals surface area contributed by atoms with E-state index in [0.29, 0.717) is 22.9 Å². The van der Waals surface area contributed by atoms with Gasteiger partial charge in [0.2, 0.25) is 12.7 Å². The average molecular weight is 343 g/mol. The Bertz CT molecular complexity index is 869. The van der Waals surface area contributed by atoms with Crippen molar-refractivity contribution in [2.75, 3.05) is 19.2 Å². The molecule has 1 aromatic carbocycles. The SMILES string of the molecule is COC(=O)c1nn(C)c(C)c1NC(=O)/C=C/c1ccc2c(c1)OCO2. The Morgan fingerprint density at radius 3 is 2.84 bits per heavy atom. The van der Waals surface area contributed by atoms with Crippen molar-refractivity contribution in [2.45, 2.75) is 6.92 Å². The molecule has 130 valence electrons. The molecule has 0 aliphatic carbocycles. The van der Waals surface area contributed by atoms with Crippen molar-refractivity contribution < 1.29 is 23.8 Å². The van der Waals surface area contributed by atoms with Crippen LogP contribution in [0.5, 0.6) is 11.5 Å². The van der Waals surface area contributed by atoms with Crippen LogP contribution in [0.25, 0.3) is 6.08 Å². The number of fused-ring (bicyclic) bond motifs is 1. The van der Waals surface area contributed by atoms with Crippen molar-refractivity contribution in [1.29, 1.82) is 0 Å². The van der Waals surface area contributed by atoms with Crippen molar-refractivity contribution in [3.63, 3.8) is 0 Å². The summed E-state index contributed by atoms with van der Waals surface area (Å²) in [6, 6.07) is 5.37. The molecule has 0 saturated heterocycles. The lowest BCUT2D eigenvalue weighted by Gasteiger charge is -2.03. The van der Waals surface area contributed by atoms with Gasteiger partial charge in [-0.05, 0) is 30.7 Å². The van der Waals surface area contributed by atoms with Crippen LogP contribution in [0.1, 0.15) is 21.7 Å². The molecule has 2 aromatic rings. The quantitative estimate of drug-likeness (QED) is 0.673. The molecule has 1 N–H and O–H groups in total. The van der Waals surface area contributed by atoms with Gasteiger partial charge in [0.15, 0.2) is 17.2 Å². The van der Waals surface area contributed by atoms with E-state index in [1.165, 1.54) is 17.9 Å². The minimum absolute atomic E-state index is 0.0623. The first kappa shape index (κ1) is 16.6. The van der Waals surface area contributed by atoms with Gasteiger partial charge in [0.1, 0.15) is 0 Å². The number of aryl methyl sites for hydroxylation is 1. The van der Waals surface area contributed by atoms with E-state index in [1.807, 2.05) is 6.07 Å². The number of ether oxygens (including phenoxy) is 3. The number of methoxy groups -OCH3 is 1. The average Bonchev–Trinajstić information content (AvgIpc) is 3.18. The van der Waals surface area contributed by atoms with E-state index < -0.39 is 5.97 Å². The normalized spacial score (nSPS) is 12.4. The first-order valence-electron chi connectivity index (χ1n) is 7.50. The van der Waals surface area contributed by atoms with Gasteiger partial charge in [0.05, 0.1) is 18.5 Å². The summed E-state index contributed by atoms with van der Waals surface area (Å²) >= 11 is 0. The van der Waals surface area contributed by atoms with Crippen molar-refractivity contribution in [3.8, 4) is 11.5 Å². The summed E-state index contributed by atoms with van der Waals surface area (Å²) in [6.07, 6.45) is 3.01. The van der Waals surface area contributed by atoms with Crippen LogP contribution in [-0.2, 0) is 16.6 Å². The molecule has 1 amide bonds. The van der Waals surface area contributed by atoms with E-state index in [0.717, 1.165) is 5.56 Å². The van der Waals surface area contributed by atoms with Crippen LogP contribution in [0, 0.1) is 6.92 Å². The number of anilines is 1. The van der Waals surface area contributed by atoms with Crippen LogP contribution in [0.4, 0.5) is 5.69 Å². The number of amides is 1. The molecule has 0 atom stereocenters. The standard InChI is InChI=1S/C17H17N3O5/c1-10-15(16(17(22)23-3)19-20(10)2)18-14(21)7-5-11-4-6-12-13(8-11)25-9-24-12/h4-8H,9H2,1-3H3,(H,18,21)/b7-5+. The zero-order chi connectivity index (χ0) is 18.0. The highest BCUT2D eigenvalue weighted by Crippen LogP contribution is 2.32. The lowest BCUT2D eigenvalue weighted by atomic mass is 10.2. The fraction of sp³-hybridized carbons (Fsp3) is 0.235. The second-order valence-corrected chi connectivity index (χ2v) is 5.36. The predicted molar refractivity (Wildman–Crippen MR) is 89.5 cm³/mol. The highest BCUT2D eigenvalue weighted by Gasteiger charge is 2.21. The maximum atomic E-state index is 12.2. The van der Waals surface area contributed by atoms with Crippen LogP contribution in [0.3, 0.4) is 0 Å². The van der Waals surface area contributed by atoms with E-state index in [2.05, 4.69) is 15.2 Å².